The number of nitrogens with zero attached hydrogens (tertiary/aromatic N) is 4. The van der Waals surface area contributed by atoms with Gasteiger partial charge in [0.25, 0.3) is 0 Å². The van der Waals surface area contributed by atoms with Gasteiger partial charge in [-0.3, -0.25) is 0 Å². The molecule has 4 nitrogen and oxygen atoms in total. The highest BCUT2D eigenvalue weighted by molar-refractivity contribution is 7.25. The van der Waals surface area contributed by atoms with Crippen molar-refractivity contribution in [2.45, 2.75) is 0 Å². The minimum absolute atomic E-state index is 1.10. The Morgan fingerprint density at radius 2 is 0.398 bits per heavy atom. The lowest BCUT2D eigenvalue weighted by Gasteiger charge is -2.33. The lowest BCUT2D eigenvalue weighted by atomic mass is 9.89. The fraction of sp³-hybridized carbons (Fsp3) is 0. The van der Waals surface area contributed by atoms with E-state index >= 15 is 0 Å². The Morgan fingerprint density at radius 3 is 0.639 bits per heavy atom. The maximum atomic E-state index is 2.37. The van der Waals surface area contributed by atoms with E-state index in [-0.39, 0.29) is 0 Å². The largest absolute Gasteiger partial charge is 0.310 e. The maximum Gasteiger partial charge on any atom is 0.0547 e. The molecule has 0 aliphatic rings. The van der Waals surface area contributed by atoms with Crippen molar-refractivity contribution in [2.24, 2.45) is 0 Å². The van der Waals surface area contributed by atoms with Crippen LogP contribution in [0.25, 0.3) is 42.4 Å². The van der Waals surface area contributed by atoms with E-state index in [1.807, 2.05) is 11.3 Å². The van der Waals surface area contributed by atoms with Gasteiger partial charge in [-0.25, -0.2) is 0 Å². The Morgan fingerprint density at radius 1 is 0.181 bits per heavy atom. The second kappa shape index (κ2) is 24.3. The van der Waals surface area contributed by atoms with E-state index in [1.165, 1.54) is 31.3 Å². The zero-order valence-electron chi connectivity index (χ0n) is 45.7. The van der Waals surface area contributed by atoms with Gasteiger partial charge in [0.15, 0.2) is 0 Å². The summed E-state index contributed by atoms with van der Waals surface area (Å²) >= 11 is 1.85. The van der Waals surface area contributed by atoms with Gasteiger partial charge in [-0.2, -0.15) is 0 Å². The Hall–Kier alpha value is -10.7. The first-order chi connectivity index (χ1) is 41.2. The van der Waals surface area contributed by atoms with Gasteiger partial charge in [-0.05, 0) is 145 Å². The van der Waals surface area contributed by atoms with Crippen molar-refractivity contribution in [2.75, 3.05) is 19.6 Å². The molecule has 396 valence electrons. The van der Waals surface area contributed by atoms with Crippen LogP contribution in [0.15, 0.2) is 352 Å². The van der Waals surface area contributed by atoms with Crippen molar-refractivity contribution in [3.63, 3.8) is 0 Å². The minimum atomic E-state index is 1.10. The summed E-state index contributed by atoms with van der Waals surface area (Å²) in [6.07, 6.45) is 0. The molecule has 0 aliphatic carbocycles. The summed E-state index contributed by atoms with van der Waals surface area (Å²) in [5.41, 5.74) is 18.2. The summed E-state index contributed by atoms with van der Waals surface area (Å²) in [7, 11) is 0. The van der Waals surface area contributed by atoms with Crippen LogP contribution in [0.1, 0.15) is 0 Å². The van der Waals surface area contributed by atoms with E-state index in [1.54, 1.807) is 0 Å². The molecule has 0 amide bonds. The minimum Gasteiger partial charge on any atom is -0.310 e. The number of para-hydroxylation sites is 8. The first kappa shape index (κ1) is 51.7. The zero-order valence-corrected chi connectivity index (χ0v) is 46.5. The topological polar surface area (TPSA) is 13.0 Å². The molecular weight excluding hydrogens is 1020 g/mol. The smallest absolute Gasteiger partial charge is 0.0547 e. The average Bonchev–Trinajstić information content (AvgIpc) is 4.20. The van der Waals surface area contributed by atoms with E-state index in [0.29, 0.717) is 0 Å². The molecular formula is C78H58N4S. The van der Waals surface area contributed by atoms with Gasteiger partial charge in [-0.1, -0.05) is 218 Å². The lowest BCUT2D eigenvalue weighted by Crippen LogP contribution is -2.15. The predicted molar refractivity (Wildman–Crippen MR) is 355 cm³/mol. The normalized spacial score (nSPS) is 10.9. The maximum absolute atomic E-state index is 2.37. The Labute approximate surface area is 490 Å². The third-order valence-electron chi connectivity index (χ3n) is 14.8. The number of benzene rings is 13. The van der Waals surface area contributed by atoms with Crippen molar-refractivity contribution in [1.82, 2.24) is 0 Å². The van der Waals surface area contributed by atoms with Crippen LogP contribution in [0.4, 0.5) is 68.2 Å². The van der Waals surface area contributed by atoms with Crippen LogP contribution < -0.4 is 19.6 Å². The highest BCUT2D eigenvalue weighted by Gasteiger charge is 2.27. The second-order valence-corrected chi connectivity index (χ2v) is 21.2. The summed E-state index contributed by atoms with van der Waals surface area (Å²) in [4.78, 5) is 9.38. The van der Waals surface area contributed by atoms with Gasteiger partial charge >= 0.3 is 0 Å². The third kappa shape index (κ3) is 11.0. The van der Waals surface area contributed by atoms with Gasteiger partial charge in [0, 0.05) is 88.2 Å². The van der Waals surface area contributed by atoms with Crippen molar-refractivity contribution < 1.29 is 0 Å². The molecule has 5 heteroatoms. The van der Waals surface area contributed by atoms with E-state index < -0.39 is 0 Å². The molecule has 13 aromatic carbocycles. The summed E-state index contributed by atoms with van der Waals surface area (Å²) in [5, 5.41) is 2.58. The molecule has 0 N–H and O–H groups in total. The molecule has 0 fully saturated rings. The zero-order chi connectivity index (χ0) is 55.6. The molecule has 14 rings (SSSR count). The molecule has 0 spiro atoms. The molecule has 0 saturated heterocycles. The highest BCUT2D eigenvalue weighted by atomic mass is 32.1. The van der Waals surface area contributed by atoms with Crippen molar-refractivity contribution >= 4 is 99.8 Å². The average molecular weight is 1080 g/mol. The molecule has 1 aromatic heterocycles. The molecule has 0 atom stereocenters. The SMILES string of the molecule is c1ccc(-c2c(N(c3ccccc3)c3ccccc3)ccc(N(c3ccccc3)c3ccccc3)c2-c2ccccc2)cc1.c1ccc(N(c2ccccc2)c2ccc3c(c2)sc2cc(N(c4ccccc4)c4ccccc4)ccc23)cc1. The van der Waals surface area contributed by atoms with Gasteiger partial charge in [0.1, 0.15) is 0 Å². The van der Waals surface area contributed by atoms with Crippen molar-refractivity contribution in [1.29, 1.82) is 0 Å². The molecule has 0 unspecified atom stereocenters. The van der Waals surface area contributed by atoms with Gasteiger partial charge in [0.05, 0.1) is 11.4 Å². The predicted octanol–water partition coefficient (Wildman–Crippen LogP) is 23.0. The first-order valence-corrected chi connectivity index (χ1v) is 28.9. The first-order valence-electron chi connectivity index (χ1n) is 28.1. The van der Waals surface area contributed by atoms with E-state index in [0.717, 1.165) is 79.4 Å². The quantitative estimate of drug-likeness (QED) is 0.108. The van der Waals surface area contributed by atoms with Crippen LogP contribution in [-0.4, -0.2) is 0 Å². The van der Waals surface area contributed by atoms with E-state index in [2.05, 4.69) is 371 Å². The van der Waals surface area contributed by atoms with Crippen LogP contribution in [0, 0.1) is 0 Å². The molecule has 0 radical (unpaired) electrons. The van der Waals surface area contributed by atoms with Crippen LogP contribution in [-0.2, 0) is 0 Å². The van der Waals surface area contributed by atoms with Crippen molar-refractivity contribution in [3.8, 4) is 22.3 Å². The van der Waals surface area contributed by atoms with Gasteiger partial charge in [0.2, 0.25) is 0 Å². The number of hydrogen-bond acceptors (Lipinski definition) is 5. The highest BCUT2D eigenvalue weighted by Crippen LogP contribution is 2.52. The fourth-order valence-electron chi connectivity index (χ4n) is 11.1. The van der Waals surface area contributed by atoms with Crippen LogP contribution in [0.5, 0.6) is 0 Å². The Kier molecular flexibility index (Phi) is 15.2. The summed E-state index contributed by atoms with van der Waals surface area (Å²) < 4.78 is 2.56. The Balaban J connectivity index is 0.000000156. The second-order valence-electron chi connectivity index (χ2n) is 20.1. The van der Waals surface area contributed by atoms with Crippen molar-refractivity contribution in [3.05, 3.63) is 352 Å². The molecule has 1 heterocycles. The number of rotatable bonds is 14. The van der Waals surface area contributed by atoms with Gasteiger partial charge < -0.3 is 19.6 Å². The molecule has 0 bridgehead atoms. The lowest BCUT2D eigenvalue weighted by molar-refractivity contribution is 1.26. The molecule has 0 saturated carbocycles. The molecule has 83 heavy (non-hydrogen) atoms. The number of hydrogen-bond donors (Lipinski definition) is 0. The van der Waals surface area contributed by atoms with E-state index in [9.17, 15) is 0 Å². The monoisotopic (exact) mass is 1080 g/mol. The third-order valence-corrected chi connectivity index (χ3v) is 16.0. The number of fused-ring (bicyclic) bond motifs is 3. The number of anilines is 12. The summed E-state index contributed by atoms with van der Waals surface area (Å²) in [6.45, 7) is 0. The standard InChI is InChI=1S/C42H32N2.C36H26N2S/c1-7-19-33(20-8-1)41-39(43(35-23-11-3-12-24-35)36-25-13-4-14-26-36)31-32-40(42(41)34-21-9-2-10-22-34)44(37-27-15-5-16-28-37)38-29-17-6-18-30-38;1-5-13-27(14-6-1)37(28-15-7-2-8-16-28)31-21-23-33-34-24-22-32(26-36(34)39-35(33)25-31)38(29-17-9-3-10-18-29)30-19-11-4-12-20-30/h1-32H;1-26H. The fourth-order valence-corrected chi connectivity index (χ4v) is 12.3. The van der Waals surface area contributed by atoms with Crippen LogP contribution >= 0.6 is 11.3 Å². The van der Waals surface area contributed by atoms with E-state index in [4.69, 9.17) is 0 Å². The summed E-state index contributed by atoms with van der Waals surface area (Å²) in [5.74, 6) is 0. The summed E-state index contributed by atoms with van der Waals surface area (Å²) in [6, 6.07) is 125. The number of thiophene rings is 1. The molecule has 0 aliphatic heterocycles. The van der Waals surface area contributed by atoms with Crippen LogP contribution in [0.3, 0.4) is 0 Å². The van der Waals surface area contributed by atoms with Crippen LogP contribution in [0.2, 0.25) is 0 Å². The molecule has 14 aromatic rings. The van der Waals surface area contributed by atoms with Gasteiger partial charge in [-0.15, -0.1) is 11.3 Å². The Bertz CT molecular complexity index is 3900.